The summed E-state index contributed by atoms with van der Waals surface area (Å²) in [5.74, 6) is -1.98. The Kier molecular flexibility index (Phi) is 4.41. The largest absolute Gasteiger partial charge is 0.476 e. The van der Waals surface area contributed by atoms with Gasteiger partial charge < -0.3 is 10.4 Å². The first-order chi connectivity index (χ1) is 8.19. The molecule has 2 N–H and O–H groups in total. The summed E-state index contributed by atoms with van der Waals surface area (Å²) in [5.41, 5.74) is -0.207. The molecule has 0 spiro atoms. The number of carbonyl (C=O) groups is 2. The van der Waals surface area contributed by atoms with Crippen molar-refractivity contribution in [1.82, 2.24) is 10.3 Å². The molecule has 0 aliphatic rings. The molecule has 0 fully saturated rings. The minimum absolute atomic E-state index is 0.00671. The van der Waals surface area contributed by atoms with Crippen LogP contribution >= 0.6 is 11.3 Å². The van der Waals surface area contributed by atoms with Gasteiger partial charge in [-0.15, -0.1) is 11.3 Å². The third kappa shape index (κ3) is 4.41. The predicted molar refractivity (Wildman–Crippen MR) is 65.7 cm³/mol. The van der Waals surface area contributed by atoms with Gasteiger partial charge >= 0.3 is 5.97 Å². The number of carboxylic acids is 1. The topological polar surface area (TPSA) is 113 Å². The minimum atomic E-state index is -3.19. The van der Waals surface area contributed by atoms with Gasteiger partial charge in [-0.25, -0.2) is 18.2 Å². The molecule has 1 atom stereocenters. The monoisotopic (exact) mass is 292 g/mol. The zero-order valence-electron chi connectivity index (χ0n) is 9.71. The lowest BCUT2D eigenvalue weighted by molar-refractivity contribution is 0.0691. The molecule has 7 nitrogen and oxygen atoms in total. The second-order valence-corrected chi connectivity index (χ2v) is 6.85. The number of amides is 1. The second-order valence-electron chi connectivity index (χ2n) is 3.81. The van der Waals surface area contributed by atoms with Crippen molar-refractivity contribution < 1.29 is 23.1 Å². The van der Waals surface area contributed by atoms with Gasteiger partial charge in [0.1, 0.15) is 9.84 Å². The normalized spacial score (nSPS) is 13.0. The van der Waals surface area contributed by atoms with Crippen molar-refractivity contribution in [3.8, 4) is 0 Å². The highest BCUT2D eigenvalue weighted by Gasteiger charge is 2.18. The fourth-order valence-electron chi connectivity index (χ4n) is 1.26. The number of nitrogens with one attached hydrogen (secondary N) is 1. The SMILES string of the molecule is CC(CS(C)(=O)=O)NC(=O)c1nc(C(=O)O)cs1. The summed E-state index contributed by atoms with van der Waals surface area (Å²) in [6, 6.07) is -0.565. The highest BCUT2D eigenvalue weighted by molar-refractivity contribution is 7.90. The van der Waals surface area contributed by atoms with Crippen molar-refractivity contribution in [3.05, 3.63) is 16.1 Å². The number of sulfone groups is 1. The van der Waals surface area contributed by atoms with Crippen LogP contribution in [0.4, 0.5) is 0 Å². The molecule has 18 heavy (non-hydrogen) atoms. The van der Waals surface area contributed by atoms with Crippen LogP contribution in [0.15, 0.2) is 5.38 Å². The lowest BCUT2D eigenvalue weighted by atomic mass is 10.4. The maximum atomic E-state index is 11.6. The summed E-state index contributed by atoms with van der Waals surface area (Å²) in [5, 5.41) is 12.3. The fourth-order valence-corrected chi connectivity index (χ4v) is 2.94. The van der Waals surface area contributed by atoms with Crippen LogP contribution in [0.3, 0.4) is 0 Å². The lowest BCUT2D eigenvalue weighted by Crippen LogP contribution is -2.37. The van der Waals surface area contributed by atoms with Gasteiger partial charge in [0.15, 0.2) is 10.7 Å². The molecule has 9 heteroatoms. The van der Waals surface area contributed by atoms with Gasteiger partial charge in [-0.3, -0.25) is 4.79 Å². The van der Waals surface area contributed by atoms with Crippen LogP contribution in [-0.2, 0) is 9.84 Å². The van der Waals surface area contributed by atoms with Crippen molar-refractivity contribution >= 4 is 33.1 Å². The number of aromatic nitrogens is 1. The highest BCUT2D eigenvalue weighted by Crippen LogP contribution is 2.09. The standard InChI is InChI=1S/C9H12N2O5S2/c1-5(4-18(2,15)16)10-7(12)8-11-6(3-17-8)9(13)14/h3,5H,4H2,1-2H3,(H,10,12)(H,13,14). The van der Waals surface area contributed by atoms with Crippen molar-refractivity contribution in [2.24, 2.45) is 0 Å². The summed E-state index contributed by atoms with van der Waals surface area (Å²) < 4.78 is 22.0. The molecule has 1 aromatic heterocycles. The van der Waals surface area contributed by atoms with E-state index in [1.165, 1.54) is 5.38 Å². The van der Waals surface area contributed by atoms with Crippen LogP contribution in [0.2, 0.25) is 0 Å². The van der Waals surface area contributed by atoms with E-state index >= 15 is 0 Å². The van der Waals surface area contributed by atoms with E-state index in [-0.39, 0.29) is 16.5 Å². The second kappa shape index (κ2) is 5.44. The summed E-state index contributed by atoms with van der Waals surface area (Å²) in [6.07, 6.45) is 1.07. The van der Waals surface area contributed by atoms with E-state index in [2.05, 4.69) is 10.3 Å². The Morgan fingerprint density at radius 2 is 2.17 bits per heavy atom. The maximum Gasteiger partial charge on any atom is 0.355 e. The van der Waals surface area contributed by atoms with Gasteiger partial charge in [0.05, 0.1) is 5.75 Å². The van der Waals surface area contributed by atoms with Gasteiger partial charge in [-0.2, -0.15) is 0 Å². The van der Waals surface area contributed by atoms with Crippen LogP contribution in [0.1, 0.15) is 27.2 Å². The van der Waals surface area contributed by atoms with Crippen LogP contribution in [0.5, 0.6) is 0 Å². The molecule has 0 aliphatic heterocycles. The van der Waals surface area contributed by atoms with E-state index in [4.69, 9.17) is 5.11 Å². The molecule has 0 aromatic carbocycles. The summed E-state index contributed by atoms with van der Waals surface area (Å²) >= 11 is 0.893. The molecule has 0 saturated heterocycles. The molecule has 1 heterocycles. The first-order valence-corrected chi connectivity index (χ1v) is 7.80. The quantitative estimate of drug-likeness (QED) is 0.790. The van der Waals surface area contributed by atoms with Crippen LogP contribution < -0.4 is 5.32 Å². The predicted octanol–water partition coefficient (Wildman–Crippen LogP) is 0.00420. The molecule has 100 valence electrons. The molecule has 1 amide bonds. The summed E-state index contributed by atoms with van der Waals surface area (Å²) in [4.78, 5) is 25.8. The molecule has 0 radical (unpaired) electrons. The Morgan fingerprint density at radius 3 is 2.61 bits per heavy atom. The number of carbonyl (C=O) groups excluding carboxylic acids is 1. The summed E-state index contributed by atoms with van der Waals surface area (Å²) in [6.45, 7) is 1.55. The third-order valence-electron chi connectivity index (χ3n) is 1.85. The van der Waals surface area contributed by atoms with Crippen LogP contribution in [0, 0.1) is 0 Å². The number of hydrogen-bond donors (Lipinski definition) is 2. The molecule has 1 unspecified atom stereocenters. The number of nitrogens with zero attached hydrogens (tertiary/aromatic N) is 1. The van der Waals surface area contributed by atoms with Crippen LogP contribution in [0.25, 0.3) is 0 Å². The van der Waals surface area contributed by atoms with Crippen molar-refractivity contribution in [3.63, 3.8) is 0 Å². The molecule has 1 aromatic rings. The first kappa shape index (κ1) is 14.6. The first-order valence-electron chi connectivity index (χ1n) is 4.86. The molecule has 0 aliphatic carbocycles. The third-order valence-corrected chi connectivity index (χ3v) is 3.79. The van der Waals surface area contributed by atoms with Gasteiger partial charge in [0, 0.05) is 17.7 Å². The Morgan fingerprint density at radius 1 is 1.56 bits per heavy atom. The van der Waals surface area contributed by atoms with Crippen molar-refractivity contribution in [1.29, 1.82) is 0 Å². The number of rotatable bonds is 5. The van der Waals surface area contributed by atoms with E-state index in [9.17, 15) is 18.0 Å². The van der Waals surface area contributed by atoms with E-state index in [1.807, 2.05) is 0 Å². The van der Waals surface area contributed by atoms with Crippen LogP contribution in [-0.4, -0.2) is 48.4 Å². The smallest absolute Gasteiger partial charge is 0.355 e. The van der Waals surface area contributed by atoms with E-state index in [1.54, 1.807) is 6.92 Å². The molecule has 0 bridgehead atoms. The Balaban J connectivity index is 2.67. The number of hydrogen-bond acceptors (Lipinski definition) is 6. The molecular formula is C9H12N2O5S2. The van der Waals surface area contributed by atoms with Gasteiger partial charge in [0.2, 0.25) is 0 Å². The van der Waals surface area contributed by atoms with Gasteiger partial charge in [-0.05, 0) is 6.92 Å². The molecule has 1 rings (SSSR count). The zero-order chi connectivity index (χ0) is 13.9. The maximum absolute atomic E-state index is 11.6. The average Bonchev–Trinajstić information content (AvgIpc) is 2.62. The Hall–Kier alpha value is -1.48. The highest BCUT2D eigenvalue weighted by atomic mass is 32.2. The number of carboxylic acid groups (broad SMARTS) is 1. The molecular weight excluding hydrogens is 280 g/mol. The fraction of sp³-hybridized carbons (Fsp3) is 0.444. The lowest BCUT2D eigenvalue weighted by Gasteiger charge is -2.10. The Labute approximate surface area is 108 Å². The van der Waals surface area contributed by atoms with Gasteiger partial charge in [-0.1, -0.05) is 0 Å². The molecule has 0 saturated carbocycles. The summed E-state index contributed by atoms with van der Waals surface area (Å²) in [7, 11) is -3.19. The Bertz CT molecular complexity index is 563. The zero-order valence-corrected chi connectivity index (χ0v) is 11.3. The van der Waals surface area contributed by atoms with E-state index in [0.717, 1.165) is 17.6 Å². The average molecular weight is 292 g/mol. The number of aromatic carboxylic acids is 1. The minimum Gasteiger partial charge on any atom is -0.476 e. The van der Waals surface area contributed by atoms with E-state index in [0.29, 0.717) is 0 Å². The number of thiazole rings is 1. The van der Waals surface area contributed by atoms with E-state index < -0.39 is 27.8 Å². The van der Waals surface area contributed by atoms with Gasteiger partial charge in [0.25, 0.3) is 5.91 Å². The van der Waals surface area contributed by atoms with Crippen molar-refractivity contribution in [2.75, 3.05) is 12.0 Å². The van der Waals surface area contributed by atoms with Crippen molar-refractivity contribution in [2.45, 2.75) is 13.0 Å².